The number of benzene rings is 2. The van der Waals surface area contributed by atoms with E-state index in [-0.39, 0.29) is 5.91 Å². The molecule has 0 atom stereocenters. The van der Waals surface area contributed by atoms with E-state index in [1.165, 1.54) is 16.7 Å². The van der Waals surface area contributed by atoms with E-state index in [1.54, 1.807) is 16.9 Å². The highest BCUT2D eigenvalue weighted by Gasteiger charge is 2.19. The molecule has 108 valence electrons. The van der Waals surface area contributed by atoms with Crippen LogP contribution in [0.25, 0.3) is 11.1 Å². The molecule has 0 aliphatic heterocycles. The van der Waals surface area contributed by atoms with Crippen LogP contribution in [0.2, 0.25) is 0 Å². The largest absolute Gasteiger partial charge is 0.305 e. The number of nitrogens with zero attached hydrogens (tertiary/aromatic N) is 2. The van der Waals surface area contributed by atoms with Crippen LogP contribution in [0.1, 0.15) is 21.5 Å². The second-order valence-corrected chi connectivity index (χ2v) is 5.53. The quantitative estimate of drug-likeness (QED) is 0.616. The van der Waals surface area contributed by atoms with Crippen LogP contribution in [0.5, 0.6) is 0 Å². The average molecular weight is 289 g/mol. The first kappa shape index (κ1) is 12.8. The summed E-state index contributed by atoms with van der Waals surface area (Å²) in [4.78, 5) is 12.4. The van der Waals surface area contributed by atoms with Crippen LogP contribution in [0.4, 0.5) is 5.82 Å². The Bertz CT molecular complexity index is 880. The van der Waals surface area contributed by atoms with E-state index in [0.29, 0.717) is 11.4 Å². The SMILES string of the molecule is Cn1ccc(NC(=O)c2ccc3c(c2)-c2ccccc2C3)n1. The fraction of sp³-hybridized carbons (Fsp3) is 0.111. The highest BCUT2D eigenvalue weighted by molar-refractivity contribution is 6.04. The van der Waals surface area contributed by atoms with Gasteiger partial charge in [0.1, 0.15) is 0 Å². The van der Waals surface area contributed by atoms with Gasteiger partial charge in [0.25, 0.3) is 5.91 Å². The zero-order valence-corrected chi connectivity index (χ0v) is 12.2. The minimum atomic E-state index is -0.133. The third-order valence-electron chi connectivity index (χ3n) is 4.02. The number of fused-ring (bicyclic) bond motifs is 3. The van der Waals surface area contributed by atoms with Gasteiger partial charge in [-0.05, 0) is 40.8 Å². The Morgan fingerprint density at radius 2 is 1.91 bits per heavy atom. The van der Waals surface area contributed by atoms with Gasteiger partial charge in [-0.3, -0.25) is 9.48 Å². The number of aromatic nitrogens is 2. The summed E-state index contributed by atoms with van der Waals surface area (Å²) in [6.07, 6.45) is 2.74. The van der Waals surface area contributed by atoms with Gasteiger partial charge in [-0.25, -0.2) is 0 Å². The van der Waals surface area contributed by atoms with Crippen molar-refractivity contribution in [2.45, 2.75) is 6.42 Å². The van der Waals surface area contributed by atoms with Crippen molar-refractivity contribution in [3.8, 4) is 11.1 Å². The van der Waals surface area contributed by atoms with Gasteiger partial charge < -0.3 is 5.32 Å². The first-order valence-corrected chi connectivity index (χ1v) is 7.23. The van der Waals surface area contributed by atoms with Crippen molar-refractivity contribution in [2.75, 3.05) is 5.32 Å². The molecule has 22 heavy (non-hydrogen) atoms. The lowest BCUT2D eigenvalue weighted by atomic mass is 10.0. The minimum absolute atomic E-state index is 0.133. The topological polar surface area (TPSA) is 46.9 Å². The molecule has 0 radical (unpaired) electrons. The minimum Gasteiger partial charge on any atom is -0.305 e. The lowest BCUT2D eigenvalue weighted by molar-refractivity contribution is 0.102. The molecule has 3 aromatic rings. The van der Waals surface area contributed by atoms with Crippen LogP contribution in [-0.2, 0) is 13.5 Å². The fourth-order valence-electron chi connectivity index (χ4n) is 2.94. The van der Waals surface area contributed by atoms with E-state index in [1.807, 2.05) is 31.3 Å². The van der Waals surface area contributed by atoms with Crippen LogP contribution in [0.3, 0.4) is 0 Å². The standard InChI is InChI=1S/C18H15N3O/c1-21-9-8-17(20-21)19-18(22)14-7-6-13-10-12-4-2-3-5-15(12)16(13)11-14/h2-9,11H,10H2,1H3,(H,19,20,22). The van der Waals surface area contributed by atoms with Crippen molar-refractivity contribution in [2.24, 2.45) is 7.05 Å². The monoisotopic (exact) mass is 289 g/mol. The summed E-state index contributed by atoms with van der Waals surface area (Å²) in [5.74, 6) is 0.430. The molecule has 0 fully saturated rings. The van der Waals surface area contributed by atoms with E-state index in [4.69, 9.17) is 0 Å². The van der Waals surface area contributed by atoms with Crippen molar-refractivity contribution in [3.63, 3.8) is 0 Å². The zero-order chi connectivity index (χ0) is 15.1. The maximum absolute atomic E-state index is 12.4. The van der Waals surface area contributed by atoms with Gasteiger partial charge in [0.2, 0.25) is 0 Å². The molecule has 2 aromatic carbocycles. The van der Waals surface area contributed by atoms with Crippen LogP contribution in [0.15, 0.2) is 54.7 Å². The molecule has 0 spiro atoms. The third kappa shape index (κ3) is 2.09. The average Bonchev–Trinajstić information content (AvgIpc) is 3.10. The number of hydrogen-bond donors (Lipinski definition) is 1. The Morgan fingerprint density at radius 1 is 1.09 bits per heavy atom. The van der Waals surface area contributed by atoms with Gasteiger partial charge in [-0.2, -0.15) is 5.10 Å². The summed E-state index contributed by atoms with van der Waals surface area (Å²) in [6.45, 7) is 0. The molecular formula is C18H15N3O. The Morgan fingerprint density at radius 3 is 2.73 bits per heavy atom. The second kappa shape index (κ2) is 4.84. The van der Waals surface area contributed by atoms with Crippen molar-refractivity contribution in [1.82, 2.24) is 9.78 Å². The van der Waals surface area contributed by atoms with Gasteiger partial charge in [0, 0.05) is 24.9 Å². The molecule has 4 heteroatoms. The molecule has 0 saturated carbocycles. The number of carbonyl (C=O) groups is 1. The van der Waals surface area contributed by atoms with Crippen molar-refractivity contribution < 1.29 is 4.79 Å². The fourth-order valence-corrected chi connectivity index (χ4v) is 2.94. The van der Waals surface area contributed by atoms with E-state index in [2.05, 4.69) is 28.6 Å². The lowest BCUT2D eigenvalue weighted by Gasteiger charge is -2.06. The smallest absolute Gasteiger partial charge is 0.256 e. The zero-order valence-electron chi connectivity index (χ0n) is 12.2. The van der Waals surface area contributed by atoms with Crippen LogP contribution >= 0.6 is 0 Å². The number of rotatable bonds is 2. The van der Waals surface area contributed by atoms with E-state index < -0.39 is 0 Å². The summed E-state index contributed by atoms with van der Waals surface area (Å²) >= 11 is 0. The Labute approximate surface area is 128 Å². The predicted molar refractivity (Wildman–Crippen MR) is 85.8 cm³/mol. The van der Waals surface area contributed by atoms with Gasteiger partial charge in [0.05, 0.1) is 0 Å². The summed E-state index contributed by atoms with van der Waals surface area (Å²) in [7, 11) is 1.82. The molecule has 1 N–H and O–H groups in total. The number of anilines is 1. The number of nitrogens with one attached hydrogen (secondary N) is 1. The molecule has 1 aliphatic rings. The summed E-state index contributed by atoms with van der Waals surface area (Å²) < 4.78 is 1.66. The number of aryl methyl sites for hydroxylation is 1. The van der Waals surface area contributed by atoms with Gasteiger partial charge in [-0.1, -0.05) is 30.3 Å². The molecule has 4 rings (SSSR count). The molecule has 0 unspecified atom stereocenters. The maximum Gasteiger partial charge on any atom is 0.256 e. The van der Waals surface area contributed by atoms with Crippen LogP contribution in [0, 0.1) is 0 Å². The lowest BCUT2D eigenvalue weighted by Crippen LogP contribution is -2.12. The number of carbonyl (C=O) groups excluding carboxylic acids is 1. The molecule has 1 heterocycles. The first-order valence-electron chi connectivity index (χ1n) is 7.23. The molecule has 0 bridgehead atoms. The third-order valence-corrected chi connectivity index (χ3v) is 4.02. The second-order valence-electron chi connectivity index (χ2n) is 5.53. The van der Waals surface area contributed by atoms with Crippen LogP contribution in [-0.4, -0.2) is 15.7 Å². The Hall–Kier alpha value is -2.88. The maximum atomic E-state index is 12.4. The van der Waals surface area contributed by atoms with Gasteiger partial charge in [-0.15, -0.1) is 0 Å². The summed E-state index contributed by atoms with van der Waals surface area (Å²) in [5.41, 5.74) is 5.63. The molecule has 1 aliphatic carbocycles. The summed E-state index contributed by atoms with van der Waals surface area (Å²) in [5, 5.41) is 6.99. The van der Waals surface area contributed by atoms with E-state index >= 15 is 0 Å². The number of amides is 1. The van der Waals surface area contributed by atoms with Gasteiger partial charge >= 0.3 is 0 Å². The number of hydrogen-bond acceptors (Lipinski definition) is 2. The first-order chi connectivity index (χ1) is 10.7. The normalized spacial score (nSPS) is 11.9. The van der Waals surface area contributed by atoms with Crippen molar-refractivity contribution in [1.29, 1.82) is 0 Å². The molecule has 4 nitrogen and oxygen atoms in total. The van der Waals surface area contributed by atoms with Gasteiger partial charge in [0.15, 0.2) is 5.82 Å². The molecule has 1 aromatic heterocycles. The van der Waals surface area contributed by atoms with E-state index in [9.17, 15) is 4.79 Å². The van der Waals surface area contributed by atoms with Crippen molar-refractivity contribution >= 4 is 11.7 Å². The molecule has 1 amide bonds. The van der Waals surface area contributed by atoms with E-state index in [0.717, 1.165) is 12.0 Å². The Kier molecular flexibility index (Phi) is 2.82. The molecular weight excluding hydrogens is 274 g/mol. The van der Waals surface area contributed by atoms with Crippen LogP contribution < -0.4 is 5.32 Å². The summed E-state index contributed by atoms with van der Waals surface area (Å²) in [6, 6.07) is 16.0. The predicted octanol–water partition coefficient (Wildman–Crippen LogP) is 3.24. The van der Waals surface area contributed by atoms with Crippen molar-refractivity contribution in [3.05, 3.63) is 71.4 Å². The highest BCUT2D eigenvalue weighted by Crippen LogP contribution is 2.36. The molecule has 0 saturated heterocycles. The Balaban J connectivity index is 1.66. The highest BCUT2D eigenvalue weighted by atomic mass is 16.1.